The van der Waals surface area contributed by atoms with Gasteiger partial charge in [-0.2, -0.15) is 0 Å². The predicted molar refractivity (Wildman–Crippen MR) is 62.5 cm³/mol. The summed E-state index contributed by atoms with van der Waals surface area (Å²) in [5.41, 5.74) is 0. The fraction of sp³-hybridized carbons (Fsp3) is 0.833. The van der Waals surface area contributed by atoms with Crippen LogP contribution in [0.4, 0.5) is 0 Å². The number of hydrogen-bond donors (Lipinski definition) is 3. The molecule has 3 N–H and O–H groups in total. The molecular formula is C12H20N2O3. The molecule has 0 aromatic carbocycles. The summed E-state index contributed by atoms with van der Waals surface area (Å²) >= 11 is 0. The molecule has 5 heteroatoms. The van der Waals surface area contributed by atoms with Crippen LogP contribution in [0.3, 0.4) is 0 Å². The van der Waals surface area contributed by atoms with Crippen LogP contribution >= 0.6 is 0 Å². The summed E-state index contributed by atoms with van der Waals surface area (Å²) in [4.78, 5) is 22.7. The highest BCUT2D eigenvalue weighted by Crippen LogP contribution is 2.26. The number of hydrogen-bond acceptors (Lipinski definition) is 3. The van der Waals surface area contributed by atoms with Crippen molar-refractivity contribution in [2.24, 2.45) is 11.8 Å². The minimum absolute atomic E-state index is 0.0607. The van der Waals surface area contributed by atoms with Crippen LogP contribution in [0.2, 0.25) is 0 Å². The van der Waals surface area contributed by atoms with Gasteiger partial charge in [-0.25, -0.2) is 0 Å². The first kappa shape index (κ1) is 12.4. The molecule has 1 amide bonds. The van der Waals surface area contributed by atoms with E-state index in [0.717, 1.165) is 32.4 Å². The number of piperidine rings is 1. The van der Waals surface area contributed by atoms with Crippen molar-refractivity contribution in [1.82, 2.24) is 10.6 Å². The zero-order valence-electron chi connectivity index (χ0n) is 9.95. The van der Waals surface area contributed by atoms with Gasteiger partial charge in [0, 0.05) is 12.6 Å². The SMILES string of the molecule is O=C(O)C1CCC(NC(=O)C2CCCNC2)C1. The molecule has 3 unspecified atom stereocenters. The van der Waals surface area contributed by atoms with E-state index in [9.17, 15) is 9.59 Å². The lowest BCUT2D eigenvalue weighted by atomic mass is 9.98. The lowest BCUT2D eigenvalue weighted by Gasteiger charge is -2.23. The Morgan fingerprint density at radius 2 is 2.00 bits per heavy atom. The molecule has 0 aromatic rings. The maximum Gasteiger partial charge on any atom is 0.306 e. The van der Waals surface area contributed by atoms with Crippen LogP contribution in [0.15, 0.2) is 0 Å². The second kappa shape index (κ2) is 5.49. The van der Waals surface area contributed by atoms with Gasteiger partial charge in [0.2, 0.25) is 5.91 Å². The lowest BCUT2D eigenvalue weighted by molar-refractivity contribution is -0.141. The Labute approximate surface area is 101 Å². The molecule has 1 aliphatic carbocycles. The molecule has 3 atom stereocenters. The maximum absolute atomic E-state index is 11.9. The molecule has 0 aromatic heterocycles. The van der Waals surface area contributed by atoms with Crippen molar-refractivity contribution in [2.45, 2.75) is 38.1 Å². The number of carboxylic acid groups (broad SMARTS) is 1. The van der Waals surface area contributed by atoms with Gasteiger partial charge in [0.25, 0.3) is 0 Å². The lowest BCUT2D eigenvalue weighted by Crippen LogP contribution is -2.43. The number of amides is 1. The van der Waals surface area contributed by atoms with Crippen molar-refractivity contribution in [3.63, 3.8) is 0 Å². The first-order chi connectivity index (χ1) is 8.16. The second-order valence-corrected chi connectivity index (χ2v) is 5.10. The molecule has 1 heterocycles. The fourth-order valence-electron chi connectivity index (χ4n) is 2.73. The number of carbonyl (C=O) groups excluding carboxylic acids is 1. The van der Waals surface area contributed by atoms with Crippen LogP contribution in [0.1, 0.15) is 32.1 Å². The third-order valence-electron chi connectivity index (χ3n) is 3.80. The Balaban J connectivity index is 1.77. The molecule has 2 fully saturated rings. The smallest absolute Gasteiger partial charge is 0.306 e. The highest BCUT2D eigenvalue weighted by atomic mass is 16.4. The van der Waals surface area contributed by atoms with E-state index in [1.165, 1.54) is 0 Å². The molecule has 1 aliphatic heterocycles. The van der Waals surface area contributed by atoms with Gasteiger partial charge in [-0.1, -0.05) is 0 Å². The normalized spacial score (nSPS) is 33.3. The summed E-state index contributed by atoms with van der Waals surface area (Å²) in [5.74, 6) is -0.855. The van der Waals surface area contributed by atoms with Crippen LogP contribution < -0.4 is 10.6 Å². The summed E-state index contributed by atoms with van der Waals surface area (Å²) in [5, 5.41) is 15.1. The predicted octanol–water partition coefficient (Wildman–Crippen LogP) is 0.355. The molecule has 96 valence electrons. The Hall–Kier alpha value is -1.10. The van der Waals surface area contributed by atoms with E-state index in [4.69, 9.17) is 5.11 Å². The van der Waals surface area contributed by atoms with Gasteiger partial charge in [0.1, 0.15) is 0 Å². The van der Waals surface area contributed by atoms with Crippen LogP contribution in [0, 0.1) is 11.8 Å². The van der Waals surface area contributed by atoms with Crippen LogP contribution in [0.5, 0.6) is 0 Å². The highest BCUT2D eigenvalue weighted by molar-refractivity contribution is 5.79. The quantitative estimate of drug-likeness (QED) is 0.665. The molecule has 0 radical (unpaired) electrons. The van der Waals surface area contributed by atoms with Crippen molar-refractivity contribution < 1.29 is 14.7 Å². The summed E-state index contributed by atoms with van der Waals surface area (Å²) in [6.07, 6.45) is 4.04. The molecule has 2 aliphatic rings. The van der Waals surface area contributed by atoms with Crippen molar-refractivity contribution in [1.29, 1.82) is 0 Å². The van der Waals surface area contributed by atoms with Gasteiger partial charge >= 0.3 is 5.97 Å². The average molecular weight is 240 g/mol. The van der Waals surface area contributed by atoms with Gasteiger partial charge in [0.15, 0.2) is 0 Å². The van der Waals surface area contributed by atoms with Gasteiger partial charge in [-0.05, 0) is 38.6 Å². The fourth-order valence-corrected chi connectivity index (χ4v) is 2.73. The summed E-state index contributed by atoms with van der Waals surface area (Å²) in [6.45, 7) is 1.75. The third kappa shape index (κ3) is 3.19. The number of aliphatic carboxylic acids is 1. The van der Waals surface area contributed by atoms with Crippen molar-refractivity contribution in [3.8, 4) is 0 Å². The molecular weight excluding hydrogens is 220 g/mol. The molecule has 17 heavy (non-hydrogen) atoms. The molecule has 0 bridgehead atoms. The molecule has 1 saturated carbocycles. The first-order valence-electron chi connectivity index (χ1n) is 6.40. The van der Waals surface area contributed by atoms with E-state index in [1.54, 1.807) is 0 Å². The van der Waals surface area contributed by atoms with Crippen LogP contribution in [-0.2, 0) is 9.59 Å². The first-order valence-corrected chi connectivity index (χ1v) is 6.40. The zero-order valence-corrected chi connectivity index (χ0v) is 9.95. The minimum Gasteiger partial charge on any atom is -0.481 e. The summed E-state index contributed by atoms with van der Waals surface area (Å²) < 4.78 is 0. The van der Waals surface area contributed by atoms with Gasteiger partial charge in [0.05, 0.1) is 11.8 Å². The average Bonchev–Trinajstić information content (AvgIpc) is 2.79. The van der Waals surface area contributed by atoms with Crippen molar-refractivity contribution in [3.05, 3.63) is 0 Å². The molecule has 1 saturated heterocycles. The Bertz CT molecular complexity index is 300. The van der Waals surface area contributed by atoms with Gasteiger partial charge in [-0.3, -0.25) is 9.59 Å². The van der Waals surface area contributed by atoms with E-state index < -0.39 is 5.97 Å². The molecule has 5 nitrogen and oxygen atoms in total. The van der Waals surface area contributed by atoms with E-state index >= 15 is 0 Å². The Morgan fingerprint density at radius 3 is 2.59 bits per heavy atom. The number of nitrogens with one attached hydrogen (secondary N) is 2. The number of carboxylic acids is 1. The van der Waals surface area contributed by atoms with Gasteiger partial charge in [-0.15, -0.1) is 0 Å². The van der Waals surface area contributed by atoms with Crippen molar-refractivity contribution in [2.75, 3.05) is 13.1 Å². The summed E-state index contributed by atoms with van der Waals surface area (Å²) in [7, 11) is 0. The second-order valence-electron chi connectivity index (χ2n) is 5.10. The third-order valence-corrected chi connectivity index (χ3v) is 3.80. The van der Waals surface area contributed by atoms with Crippen LogP contribution in [-0.4, -0.2) is 36.1 Å². The maximum atomic E-state index is 11.9. The van der Waals surface area contributed by atoms with Crippen molar-refractivity contribution >= 4 is 11.9 Å². The summed E-state index contributed by atoms with van der Waals surface area (Å²) in [6, 6.07) is 0.0607. The molecule has 0 spiro atoms. The largest absolute Gasteiger partial charge is 0.481 e. The van der Waals surface area contributed by atoms with E-state index in [1.807, 2.05) is 0 Å². The van der Waals surface area contributed by atoms with Gasteiger partial charge < -0.3 is 15.7 Å². The van der Waals surface area contributed by atoms with E-state index in [2.05, 4.69) is 10.6 Å². The Kier molecular flexibility index (Phi) is 3.99. The molecule has 2 rings (SSSR count). The number of rotatable bonds is 3. The van der Waals surface area contributed by atoms with E-state index in [-0.39, 0.29) is 23.8 Å². The minimum atomic E-state index is -0.735. The monoisotopic (exact) mass is 240 g/mol. The zero-order chi connectivity index (χ0) is 12.3. The number of carbonyl (C=O) groups is 2. The highest BCUT2D eigenvalue weighted by Gasteiger charge is 2.32. The van der Waals surface area contributed by atoms with E-state index in [0.29, 0.717) is 12.8 Å². The topological polar surface area (TPSA) is 78.4 Å². The Morgan fingerprint density at radius 1 is 1.18 bits per heavy atom. The standard InChI is InChI=1S/C12H20N2O3/c15-11(9-2-1-5-13-7-9)14-10-4-3-8(6-10)12(16)17/h8-10,13H,1-7H2,(H,14,15)(H,16,17). The van der Waals surface area contributed by atoms with Crippen LogP contribution in [0.25, 0.3) is 0 Å².